The average molecular weight is 381 g/mol. The fraction of sp³-hybridized carbons (Fsp3) is 0.667. The summed E-state index contributed by atoms with van der Waals surface area (Å²) in [6.45, 7) is 4.81. The van der Waals surface area contributed by atoms with Crippen LogP contribution in [0.1, 0.15) is 42.2 Å². The SMILES string of the molecule is COCCn1c(=O)n(C2CCCC2)c(=O)c2c(C)c(CNCCN)sc21. The zero-order valence-corrected chi connectivity index (χ0v) is 16.4. The van der Waals surface area contributed by atoms with Crippen molar-refractivity contribution in [1.82, 2.24) is 14.5 Å². The molecule has 0 amide bonds. The molecule has 0 unspecified atom stereocenters. The lowest BCUT2D eigenvalue weighted by molar-refractivity contribution is 0.186. The minimum absolute atomic E-state index is 0.0197. The van der Waals surface area contributed by atoms with Crippen molar-refractivity contribution in [2.24, 2.45) is 5.73 Å². The monoisotopic (exact) mass is 380 g/mol. The Bertz CT molecular complexity index is 877. The summed E-state index contributed by atoms with van der Waals surface area (Å²) in [5.41, 5.74) is 6.18. The normalized spacial score (nSPS) is 15.3. The number of nitrogens with zero attached hydrogens (tertiary/aromatic N) is 2. The summed E-state index contributed by atoms with van der Waals surface area (Å²) in [6, 6.07) is 0.0197. The first-order chi connectivity index (χ1) is 12.6. The molecule has 1 fully saturated rings. The van der Waals surface area contributed by atoms with Crippen LogP contribution in [0.15, 0.2) is 9.59 Å². The van der Waals surface area contributed by atoms with E-state index in [1.54, 1.807) is 11.7 Å². The second-order valence-corrected chi connectivity index (χ2v) is 7.92. The summed E-state index contributed by atoms with van der Waals surface area (Å²) in [6.07, 6.45) is 3.95. The summed E-state index contributed by atoms with van der Waals surface area (Å²) >= 11 is 1.52. The topological polar surface area (TPSA) is 91.3 Å². The van der Waals surface area contributed by atoms with Crippen molar-refractivity contribution in [3.05, 3.63) is 31.3 Å². The Kier molecular flexibility index (Phi) is 6.29. The number of aryl methyl sites for hydroxylation is 1. The number of nitrogens with one attached hydrogen (secondary N) is 1. The van der Waals surface area contributed by atoms with Gasteiger partial charge in [0, 0.05) is 37.7 Å². The number of nitrogens with two attached hydrogens (primary N) is 1. The van der Waals surface area contributed by atoms with Gasteiger partial charge in [0.15, 0.2) is 0 Å². The maximum absolute atomic E-state index is 13.2. The van der Waals surface area contributed by atoms with Crippen LogP contribution in [-0.2, 0) is 17.8 Å². The van der Waals surface area contributed by atoms with Gasteiger partial charge in [-0.2, -0.15) is 0 Å². The highest BCUT2D eigenvalue weighted by atomic mass is 32.1. The zero-order chi connectivity index (χ0) is 18.7. The van der Waals surface area contributed by atoms with Crippen LogP contribution in [0.3, 0.4) is 0 Å². The van der Waals surface area contributed by atoms with Crippen LogP contribution >= 0.6 is 11.3 Å². The van der Waals surface area contributed by atoms with E-state index in [1.165, 1.54) is 15.9 Å². The molecule has 1 aliphatic carbocycles. The van der Waals surface area contributed by atoms with E-state index < -0.39 is 0 Å². The second kappa shape index (κ2) is 8.47. The molecule has 0 aliphatic heterocycles. The Balaban J connectivity index is 2.18. The quantitative estimate of drug-likeness (QED) is 0.675. The van der Waals surface area contributed by atoms with Gasteiger partial charge in [-0.3, -0.25) is 13.9 Å². The molecule has 0 radical (unpaired) electrons. The van der Waals surface area contributed by atoms with Crippen LogP contribution in [0.25, 0.3) is 10.2 Å². The van der Waals surface area contributed by atoms with Gasteiger partial charge in [-0.15, -0.1) is 11.3 Å². The third-order valence-electron chi connectivity index (χ3n) is 5.16. The number of aromatic nitrogens is 2. The van der Waals surface area contributed by atoms with Crippen LogP contribution in [-0.4, -0.2) is 35.9 Å². The predicted octanol–water partition coefficient (Wildman–Crippen LogP) is 1.34. The van der Waals surface area contributed by atoms with Gasteiger partial charge in [0.1, 0.15) is 4.83 Å². The van der Waals surface area contributed by atoms with E-state index in [9.17, 15) is 9.59 Å². The molecule has 1 aliphatic rings. The lowest BCUT2D eigenvalue weighted by Gasteiger charge is -2.16. The average Bonchev–Trinajstić information content (AvgIpc) is 3.24. The van der Waals surface area contributed by atoms with E-state index in [0.717, 1.165) is 47.5 Å². The Labute approximate surface area is 156 Å². The molecule has 3 N–H and O–H groups in total. The molecule has 3 rings (SSSR count). The standard InChI is InChI=1S/C18H28N4O3S/c1-12-14(11-20-8-7-19)26-17-15(12)16(23)22(13-5-3-4-6-13)18(24)21(17)9-10-25-2/h13,20H,3-11,19H2,1-2H3. The van der Waals surface area contributed by atoms with Crippen molar-refractivity contribution in [2.45, 2.75) is 51.7 Å². The molecule has 7 nitrogen and oxygen atoms in total. The van der Waals surface area contributed by atoms with E-state index in [1.807, 2.05) is 6.92 Å². The van der Waals surface area contributed by atoms with Crippen LogP contribution in [0.2, 0.25) is 0 Å². The van der Waals surface area contributed by atoms with Crippen molar-refractivity contribution in [3.8, 4) is 0 Å². The van der Waals surface area contributed by atoms with Crippen LogP contribution < -0.4 is 22.3 Å². The molecule has 0 bridgehead atoms. The van der Waals surface area contributed by atoms with Crippen molar-refractivity contribution in [1.29, 1.82) is 0 Å². The molecule has 8 heteroatoms. The predicted molar refractivity (Wildman–Crippen MR) is 105 cm³/mol. The van der Waals surface area contributed by atoms with E-state index >= 15 is 0 Å². The van der Waals surface area contributed by atoms with Gasteiger partial charge in [0.05, 0.1) is 18.5 Å². The molecular formula is C18H28N4O3S. The first-order valence-electron chi connectivity index (χ1n) is 9.27. The molecule has 2 aromatic rings. The first kappa shape index (κ1) is 19.3. The summed E-state index contributed by atoms with van der Waals surface area (Å²) in [7, 11) is 1.62. The number of fused-ring (bicyclic) bond motifs is 1. The van der Waals surface area contributed by atoms with Crippen LogP contribution in [0.5, 0.6) is 0 Å². The fourth-order valence-corrected chi connectivity index (χ4v) is 5.03. The maximum Gasteiger partial charge on any atom is 0.332 e. The molecule has 144 valence electrons. The molecule has 2 aromatic heterocycles. The molecule has 2 heterocycles. The highest BCUT2D eigenvalue weighted by molar-refractivity contribution is 7.18. The van der Waals surface area contributed by atoms with Gasteiger partial charge in [-0.25, -0.2) is 4.79 Å². The number of thiophene rings is 1. The number of methoxy groups -OCH3 is 1. The Morgan fingerprint density at radius 1 is 1.31 bits per heavy atom. The van der Waals surface area contributed by atoms with Crippen molar-refractivity contribution in [2.75, 3.05) is 26.8 Å². The van der Waals surface area contributed by atoms with Crippen molar-refractivity contribution in [3.63, 3.8) is 0 Å². The number of ether oxygens (including phenoxy) is 1. The van der Waals surface area contributed by atoms with E-state index in [-0.39, 0.29) is 17.3 Å². The fourth-order valence-electron chi connectivity index (χ4n) is 3.75. The minimum Gasteiger partial charge on any atom is -0.383 e. The maximum atomic E-state index is 13.2. The summed E-state index contributed by atoms with van der Waals surface area (Å²) < 4.78 is 8.42. The lowest BCUT2D eigenvalue weighted by Crippen LogP contribution is -2.42. The molecular weight excluding hydrogens is 352 g/mol. The van der Waals surface area contributed by atoms with Crippen LogP contribution in [0, 0.1) is 6.92 Å². The molecule has 0 spiro atoms. The second-order valence-electron chi connectivity index (χ2n) is 6.84. The molecule has 1 saturated carbocycles. The van der Waals surface area contributed by atoms with Crippen LogP contribution in [0.4, 0.5) is 0 Å². The summed E-state index contributed by atoms with van der Waals surface area (Å²) in [4.78, 5) is 28.2. The van der Waals surface area contributed by atoms with Gasteiger partial charge < -0.3 is 15.8 Å². The third kappa shape index (κ3) is 3.51. The van der Waals surface area contributed by atoms with E-state index in [2.05, 4.69) is 5.32 Å². The van der Waals surface area contributed by atoms with E-state index in [4.69, 9.17) is 10.5 Å². The highest BCUT2D eigenvalue weighted by Crippen LogP contribution is 2.31. The number of hydrogen-bond donors (Lipinski definition) is 2. The summed E-state index contributed by atoms with van der Waals surface area (Å²) in [5.74, 6) is 0. The first-order valence-corrected chi connectivity index (χ1v) is 10.1. The number of rotatable bonds is 8. The van der Waals surface area contributed by atoms with Gasteiger partial charge in [0.25, 0.3) is 5.56 Å². The third-order valence-corrected chi connectivity index (χ3v) is 6.47. The van der Waals surface area contributed by atoms with Gasteiger partial charge in [0.2, 0.25) is 0 Å². The zero-order valence-electron chi connectivity index (χ0n) is 15.5. The van der Waals surface area contributed by atoms with Gasteiger partial charge in [-0.05, 0) is 25.3 Å². The number of hydrogen-bond acceptors (Lipinski definition) is 6. The summed E-state index contributed by atoms with van der Waals surface area (Å²) in [5, 5.41) is 3.97. The van der Waals surface area contributed by atoms with Gasteiger partial charge in [-0.1, -0.05) is 12.8 Å². The molecule has 0 aromatic carbocycles. The van der Waals surface area contributed by atoms with Gasteiger partial charge >= 0.3 is 5.69 Å². The minimum atomic E-state index is -0.200. The Morgan fingerprint density at radius 3 is 2.69 bits per heavy atom. The molecule has 0 atom stereocenters. The Hall–Kier alpha value is -1.48. The smallest absolute Gasteiger partial charge is 0.332 e. The largest absolute Gasteiger partial charge is 0.383 e. The lowest BCUT2D eigenvalue weighted by atomic mass is 10.2. The molecule has 26 heavy (non-hydrogen) atoms. The van der Waals surface area contributed by atoms with Crippen molar-refractivity contribution >= 4 is 21.6 Å². The highest BCUT2D eigenvalue weighted by Gasteiger charge is 2.25. The molecule has 0 saturated heterocycles. The van der Waals surface area contributed by atoms with E-state index in [0.29, 0.717) is 31.6 Å². The Morgan fingerprint density at radius 2 is 2.04 bits per heavy atom. The van der Waals surface area contributed by atoms with Crippen molar-refractivity contribution < 1.29 is 4.74 Å².